The highest BCUT2D eigenvalue weighted by molar-refractivity contribution is 7.09. The predicted molar refractivity (Wildman–Crippen MR) is 66.1 cm³/mol. The van der Waals surface area contributed by atoms with Gasteiger partial charge in [-0.2, -0.15) is 4.37 Å². The molecule has 0 amide bonds. The van der Waals surface area contributed by atoms with Gasteiger partial charge in [0.25, 0.3) is 0 Å². The van der Waals surface area contributed by atoms with Crippen molar-refractivity contribution in [3.8, 4) is 0 Å². The number of aryl methyl sites for hydroxylation is 1. The number of benzene rings is 1. The van der Waals surface area contributed by atoms with Crippen molar-refractivity contribution >= 4 is 28.3 Å². The topological polar surface area (TPSA) is 66.3 Å². The second-order valence-corrected chi connectivity index (χ2v) is 4.27. The summed E-state index contributed by atoms with van der Waals surface area (Å²) >= 11 is 1.31. The molecule has 0 radical (unpaired) electrons. The molecule has 0 spiro atoms. The summed E-state index contributed by atoms with van der Waals surface area (Å²) in [6, 6.07) is 6.64. The van der Waals surface area contributed by atoms with Gasteiger partial charge in [0.2, 0.25) is 5.13 Å². The van der Waals surface area contributed by atoms with Crippen LogP contribution in [0.1, 0.15) is 16.2 Å². The first-order valence-corrected chi connectivity index (χ1v) is 5.72. The largest absolute Gasteiger partial charge is 0.478 e. The Morgan fingerprint density at radius 3 is 2.47 bits per heavy atom. The van der Waals surface area contributed by atoms with Crippen LogP contribution in [-0.4, -0.2) is 27.5 Å². The summed E-state index contributed by atoms with van der Waals surface area (Å²) in [5.74, 6) is -0.190. The van der Waals surface area contributed by atoms with Crippen molar-refractivity contribution < 1.29 is 9.90 Å². The predicted octanol–water partition coefficient (Wildman–Crippen LogP) is 2.31. The number of anilines is 2. The van der Waals surface area contributed by atoms with Gasteiger partial charge in [-0.05, 0) is 31.2 Å². The fourth-order valence-electron chi connectivity index (χ4n) is 1.36. The summed E-state index contributed by atoms with van der Waals surface area (Å²) in [5.41, 5.74) is 1.15. The van der Waals surface area contributed by atoms with E-state index in [0.717, 1.165) is 16.6 Å². The van der Waals surface area contributed by atoms with Gasteiger partial charge in [-0.3, -0.25) is 0 Å². The average Bonchev–Trinajstić information content (AvgIpc) is 2.75. The second-order valence-electron chi connectivity index (χ2n) is 3.54. The van der Waals surface area contributed by atoms with Gasteiger partial charge < -0.3 is 10.0 Å². The van der Waals surface area contributed by atoms with Crippen LogP contribution in [0.4, 0.5) is 10.8 Å². The zero-order chi connectivity index (χ0) is 12.4. The minimum Gasteiger partial charge on any atom is -0.478 e. The second kappa shape index (κ2) is 4.50. The Labute approximate surface area is 103 Å². The van der Waals surface area contributed by atoms with Crippen molar-refractivity contribution in [1.29, 1.82) is 0 Å². The Balaban J connectivity index is 2.25. The van der Waals surface area contributed by atoms with E-state index in [1.165, 1.54) is 11.5 Å². The lowest BCUT2D eigenvalue weighted by molar-refractivity contribution is 0.0697. The highest BCUT2D eigenvalue weighted by atomic mass is 32.1. The third-order valence-corrected chi connectivity index (χ3v) is 3.19. The summed E-state index contributed by atoms with van der Waals surface area (Å²) in [7, 11) is 1.87. The molecular formula is C11H11N3O2S. The highest BCUT2D eigenvalue weighted by Crippen LogP contribution is 2.25. The fraction of sp³-hybridized carbons (Fsp3) is 0.182. The molecule has 1 heterocycles. The number of nitrogens with zero attached hydrogens (tertiary/aromatic N) is 3. The van der Waals surface area contributed by atoms with E-state index in [0.29, 0.717) is 0 Å². The lowest BCUT2D eigenvalue weighted by Crippen LogP contribution is -2.09. The number of aromatic carboxylic acids is 1. The van der Waals surface area contributed by atoms with Crippen LogP contribution in [0.2, 0.25) is 0 Å². The van der Waals surface area contributed by atoms with E-state index in [1.54, 1.807) is 24.3 Å². The third-order valence-electron chi connectivity index (χ3n) is 2.31. The quantitative estimate of drug-likeness (QED) is 0.904. The van der Waals surface area contributed by atoms with Crippen LogP contribution < -0.4 is 4.90 Å². The minimum absolute atomic E-state index is 0.274. The number of carbonyl (C=O) groups is 1. The summed E-state index contributed by atoms with van der Waals surface area (Å²) < 4.78 is 4.10. The maximum Gasteiger partial charge on any atom is 0.335 e. The van der Waals surface area contributed by atoms with E-state index in [-0.39, 0.29) is 5.56 Å². The molecular weight excluding hydrogens is 238 g/mol. The molecule has 5 nitrogen and oxygen atoms in total. The summed E-state index contributed by atoms with van der Waals surface area (Å²) in [4.78, 5) is 16.9. The smallest absolute Gasteiger partial charge is 0.335 e. The molecule has 0 fully saturated rings. The van der Waals surface area contributed by atoms with Crippen LogP contribution in [0.25, 0.3) is 0 Å². The molecule has 2 aromatic rings. The molecule has 1 aromatic heterocycles. The number of carboxylic acids is 1. The lowest BCUT2D eigenvalue weighted by Gasteiger charge is -2.15. The molecule has 88 valence electrons. The van der Waals surface area contributed by atoms with Crippen LogP contribution in [0.5, 0.6) is 0 Å². The van der Waals surface area contributed by atoms with E-state index in [1.807, 2.05) is 18.9 Å². The number of rotatable bonds is 3. The zero-order valence-corrected chi connectivity index (χ0v) is 10.2. The molecule has 0 aliphatic rings. The number of hydrogen-bond acceptors (Lipinski definition) is 5. The molecule has 1 N–H and O–H groups in total. The molecule has 1 aromatic carbocycles. The highest BCUT2D eigenvalue weighted by Gasteiger charge is 2.09. The Morgan fingerprint density at radius 2 is 2.00 bits per heavy atom. The molecule has 0 saturated carbocycles. The molecule has 0 aliphatic heterocycles. The van der Waals surface area contributed by atoms with Gasteiger partial charge in [-0.1, -0.05) is 0 Å². The first kappa shape index (κ1) is 11.5. The van der Waals surface area contributed by atoms with E-state index in [4.69, 9.17) is 5.11 Å². The van der Waals surface area contributed by atoms with Crippen molar-refractivity contribution in [3.05, 3.63) is 35.7 Å². The maximum atomic E-state index is 10.7. The molecule has 0 saturated heterocycles. The Morgan fingerprint density at radius 1 is 1.35 bits per heavy atom. The van der Waals surface area contributed by atoms with Gasteiger partial charge in [0.1, 0.15) is 5.82 Å². The van der Waals surface area contributed by atoms with Gasteiger partial charge >= 0.3 is 5.97 Å². The van der Waals surface area contributed by atoms with Gasteiger partial charge in [0, 0.05) is 24.3 Å². The summed E-state index contributed by atoms with van der Waals surface area (Å²) in [5, 5.41) is 9.58. The van der Waals surface area contributed by atoms with Crippen molar-refractivity contribution in [1.82, 2.24) is 9.36 Å². The van der Waals surface area contributed by atoms with Crippen LogP contribution >= 0.6 is 11.5 Å². The molecule has 0 unspecified atom stereocenters. The number of aromatic nitrogens is 2. The van der Waals surface area contributed by atoms with Gasteiger partial charge in [-0.25, -0.2) is 9.78 Å². The first-order valence-electron chi connectivity index (χ1n) is 4.95. The Bertz CT molecular complexity index is 536. The Hall–Kier alpha value is -1.95. The molecule has 6 heteroatoms. The third kappa shape index (κ3) is 2.42. The molecule has 17 heavy (non-hydrogen) atoms. The van der Waals surface area contributed by atoms with Crippen molar-refractivity contribution in [2.45, 2.75) is 6.92 Å². The molecule has 0 atom stereocenters. The standard InChI is InChI=1S/C11H11N3O2S/c1-7-12-11(17-13-7)14(2)9-5-3-8(4-6-9)10(15)16/h3-6H,1-2H3,(H,15,16). The summed E-state index contributed by atoms with van der Waals surface area (Å²) in [6.45, 7) is 1.83. The fourth-order valence-corrected chi connectivity index (χ4v) is 2.02. The van der Waals surface area contributed by atoms with Crippen LogP contribution in [0.3, 0.4) is 0 Å². The lowest BCUT2D eigenvalue weighted by atomic mass is 10.2. The van der Waals surface area contributed by atoms with Crippen molar-refractivity contribution in [2.24, 2.45) is 0 Å². The monoisotopic (exact) mass is 249 g/mol. The van der Waals surface area contributed by atoms with E-state index in [9.17, 15) is 4.79 Å². The van der Waals surface area contributed by atoms with Gasteiger partial charge in [-0.15, -0.1) is 0 Å². The van der Waals surface area contributed by atoms with Crippen LogP contribution in [-0.2, 0) is 0 Å². The molecule has 2 rings (SSSR count). The number of carboxylic acid groups (broad SMARTS) is 1. The van der Waals surface area contributed by atoms with E-state index < -0.39 is 5.97 Å². The van der Waals surface area contributed by atoms with E-state index in [2.05, 4.69) is 9.36 Å². The average molecular weight is 249 g/mol. The van der Waals surface area contributed by atoms with Crippen LogP contribution in [0, 0.1) is 6.92 Å². The van der Waals surface area contributed by atoms with Gasteiger partial charge in [0.15, 0.2) is 0 Å². The maximum absolute atomic E-state index is 10.7. The van der Waals surface area contributed by atoms with Crippen LogP contribution in [0.15, 0.2) is 24.3 Å². The normalized spacial score (nSPS) is 10.2. The SMILES string of the molecule is Cc1nsc(N(C)c2ccc(C(=O)O)cc2)n1. The number of hydrogen-bond donors (Lipinski definition) is 1. The van der Waals surface area contributed by atoms with E-state index >= 15 is 0 Å². The van der Waals surface area contributed by atoms with Crippen molar-refractivity contribution in [2.75, 3.05) is 11.9 Å². The minimum atomic E-state index is -0.925. The van der Waals surface area contributed by atoms with Gasteiger partial charge in [0.05, 0.1) is 5.56 Å². The first-order chi connectivity index (χ1) is 8.08. The Kier molecular flexibility index (Phi) is 3.06. The molecule has 0 aliphatic carbocycles. The summed E-state index contributed by atoms with van der Waals surface area (Å²) in [6.07, 6.45) is 0. The zero-order valence-electron chi connectivity index (χ0n) is 9.41. The molecule has 0 bridgehead atoms. The van der Waals surface area contributed by atoms with Crippen molar-refractivity contribution in [3.63, 3.8) is 0 Å².